The van der Waals surface area contributed by atoms with Crippen LogP contribution in [0.3, 0.4) is 0 Å². The van der Waals surface area contributed by atoms with Gasteiger partial charge < -0.3 is 4.57 Å². The van der Waals surface area contributed by atoms with E-state index >= 15 is 0 Å². The van der Waals surface area contributed by atoms with Gasteiger partial charge >= 0.3 is 0 Å². The SMILES string of the molecule is CCc1nc(S(=O)(=O)Cl)cn1Cc1cccc(Cl)c1. The van der Waals surface area contributed by atoms with E-state index in [0.29, 0.717) is 23.8 Å². The van der Waals surface area contributed by atoms with E-state index in [0.717, 1.165) is 5.56 Å². The molecule has 19 heavy (non-hydrogen) atoms. The summed E-state index contributed by atoms with van der Waals surface area (Å²) >= 11 is 5.92. The minimum Gasteiger partial charge on any atom is -0.329 e. The van der Waals surface area contributed by atoms with Crippen LogP contribution in [0.15, 0.2) is 35.5 Å². The Hall–Kier alpha value is -1.04. The molecule has 1 aromatic heterocycles. The monoisotopic (exact) mass is 318 g/mol. The molecule has 0 spiro atoms. The van der Waals surface area contributed by atoms with E-state index in [1.54, 1.807) is 10.6 Å². The van der Waals surface area contributed by atoms with Crippen molar-refractivity contribution in [2.24, 2.45) is 0 Å². The molecule has 4 nitrogen and oxygen atoms in total. The minimum absolute atomic E-state index is 0.118. The first-order valence-electron chi connectivity index (χ1n) is 5.65. The second-order valence-electron chi connectivity index (χ2n) is 4.04. The van der Waals surface area contributed by atoms with Gasteiger partial charge in [-0.25, -0.2) is 13.4 Å². The lowest BCUT2D eigenvalue weighted by molar-refractivity contribution is 0.606. The highest BCUT2D eigenvalue weighted by Crippen LogP contribution is 2.17. The lowest BCUT2D eigenvalue weighted by Gasteiger charge is -2.06. The number of halogens is 2. The van der Waals surface area contributed by atoms with Crippen molar-refractivity contribution in [3.05, 3.63) is 46.9 Å². The van der Waals surface area contributed by atoms with Crippen molar-refractivity contribution >= 4 is 31.3 Å². The first-order valence-corrected chi connectivity index (χ1v) is 8.34. The quantitative estimate of drug-likeness (QED) is 0.814. The van der Waals surface area contributed by atoms with Crippen LogP contribution in [0.2, 0.25) is 5.02 Å². The highest BCUT2D eigenvalue weighted by Gasteiger charge is 2.17. The number of rotatable bonds is 4. The number of nitrogens with zero attached hydrogens (tertiary/aromatic N) is 2. The Balaban J connectivity index is 2.37. The molecule has 0 radical (unpaired) electrons. The van der Waals surface area contributed by atoms with Crippen molar-refractivity contribution in [3.63, 3.8) is 0 Å². The normalized spacial score (nSPS) is 11.7. The van der Waals surface area contributed by atoms with Crippen LogP contribution in [0.5, 0.6) is 0 Å². The van der Waals surface area contributed by atoms with Crippen LogP contribution in [0, 0.1) is 0 Å². The fourth-order valence-electron chi connectivity index (χ4n) is 1.80. The molecule has 2 rings (SSSR count). The molecule has 2 aromatic rings. The Bertz CT molecular complexity index is 696. The molecular formula is C12H12Cl2N2O2S. The number of aromatic nitrogens is 2. The summed E-state index contributed by atoms with van der Waals surface area (Å²) in [6.07, 6.45) is 2.06. The lowest BCUT2D eigenvalue weighted by Crippen LogP contribution is -2.03. The molecule has 1 heterocycles. The third-order valence-electron chi connectivity index (χ3n) is 2.65. The fraction of sp³-hybridized carbons (Fsp3) is 0.250. The van der Waals surface area contributed by atoms with Gasteiger partial charge in [0.25, 0.3) is 9.05 Å². The molecule has 102 valence electrons. The molecule has 0 N–H and O–H groups in total. The molecule has 0 unspecified atom stereocenters. The topological polar surface area (TPSA) is 52.0 Å². The Morgan fingerprint density at radius 3 is 2.68 bits per heavy atom. The molecule has 1 aromatic carbocycles. The highest BCUT2D eigenvalue weighted by molar-refractivity contribution is 8.13. The van der Waals surface area contributed by atoms with Crippen LogP contribution in [-0.4, -0.2) is 18.0 Å². The summed E-state index contributed by atoms with van der Waals surface area (Å²) in [5.74, 6) is 0.666. The predicted octanol–water partition coefficient (Wildman–Crippen LogP) is 3.07. The average Bonchev–Trinajstić information content (AvgIpc) is 2.72. The summed E-state index contributed by atoms with van der Waals surface area (Å²) < 4.78 is 24.3. The van der Waals surface area contributed by atoms with Gasteiger partial charge in [0.15, 0.2) is 5.03 Å². The third kappa shape index (κ3) is 3.49. The molecule has 0 aliphatic heterocycles. The first-order chi connectivity index (χ1) is 8.90. The number of hydrogen-bond donors (Lipinski definition) is 0. The third-order valence-corrected chi connectivity index (χ3v) is 4.05. The van der Waals surface area contributed by atoms with Crippen molar-refractivity contribution in [3.8, 4) is 0 Å². The molecule has 0 bridgehead atoms. The lowest BCUT2D eigenvalue weighted by atomic mass is 10.2. The van der Waals surface area contributed by atoms with Gasteiger partial charge in [-0.05, 0) is 17.7 Å². The zero-order valence-corrected chi connectivity index (χ0v) is 12.5. The van der Waals surface area contributed by atoms with E-state index < -0.39 is 9.05 Å². The van der Waals surface area contributed by atoms with E-state index in [1.807, 2.05) is 25.1 Å². The largest absolute Gasteiger partial charge is 0.329 e. The second kappa shape index (κ2) is 5.53. The van der Waals surface area contributed by atoms with Crippen LogP contribution >= 0.6 is 22.3 Å². The Labute approximate surface area is 121 Å². The number of aryl methyl sites for hydroxylation is 1. The summed E-state index contributed by atoms with van der Waals surface area (Å²) in [5.41, 5.74) is 0.970. The van der Waals surface area contributed by atoms with Crippen molar-refractivity contribution in [1.82, 2.24) is 9.55 Å². The Morgan fingerprint density at radius 1 is 1.37 bits per heavy atom. The number of hydrogen-bond acceptors (Lipinski definition) is 3. The smallest absolute Gasteiger partial charge is 0.280 e. The number of benzene rings is 1. The summed E-state index contributed by atoms with van der Waals surface area (Å²) in [4.78, 5) is 4.03. The molecule has 0 aliphatic carbocycles. The van der Waals surface area contributed by atoms with Crippen LogP contribution in [0.1, 0.15) is 18.3 Å². The van der Waals surface area contributed by atoms with Gasteiger partial charge in [0.2, 0.25) is 0 Å². The molecular weight excluding hydrogens is 307 g/mol. The molecule has 0 aliphatic rings. The van der Waals surface area contributed by atoms with Crippen molar-refractivity contribution in [2.45, 2.75) is 24.9 Å². The molecule has 0 saturated heterocycles. The second-order valence-corrected chi connectivity index (χ2v) is 6.99. The van der Waals surface area contributed by atoms with Gasteiger partial charge in [0, 0.05) is 34.9 Å². The molecule has 0 saturated carbocycles. The van der Waals surface area contributed by atoms with Gasteiger partial charge in [0.1, 0.15) is 5.82 Å². The Kier molecular flexibility index (Phi) is 4.18. The fourth-order valence-corrected chi connectivity index (χ4v) is 2.70. The summed E-state index contributed by atoms with van der Waals surface area (Å²) in [6, 6.07) is 7.38. The summed E-state index contributed by atoms with van der Waals surface area (Å²) in [6.45, 7) is 2.41. The van der Waals surface area contributed by atoms with Crippen LogP contribution < -0.4 is 0 Å². The van der Waals surface area contributed by atoms with Crippen LogP contribution in [0.4, 0.5) is 0 Å². The summed E-state index contributed by atoms with van der Waals surface area (Å²) in [5, 5.41) is 0.522. The maximum atomic E-state index is 11.3. The Morgan fingerprint density at radius 2 is 2.11 bits per heavy atom. The first kappa shape index (κ1) is 14.4. The van der Waals surface area contributed by atoms with E-state index in [-0.39, 0.29) is 5.03 Å². The van der Waals surface area contributed by atoms with E-state index in [4.69, 9.17) is 22.3 Å². The molecule has 0 amide bonds. The van der Waals surface area contributed by atoms with E-state index in [9.17, 15) is 8.42 Å². The van der Waals surface area contributed by atoms with Crippen LogP contribution in [0.25, 0.3) is 0 Å². The van der Waals surface area contributed by atoms with Crippen molar-refractivity contribution < 1.29 is 8.42 Å². The zero-order chi connectivity index (χ0) is 14.0. The molecule has 0 atom stereocenters. The van der Waals surface area contributed by atoms with Gasteiger partial charge in [-0.1, -0.05) is 30.7 Å². The maximum Gasteiger partial charge on any atom is 0.280 e. The molecule has 0 fully saturated rings. The standard InChI is InChI=1S/C12H12Cl2N2O2S/c1-2-11-15-12(19(14,17)18)8-16(11)7-9-4-3-5-10(13)6-9/h3-6,8H,2,7H2,1H3. The maximum absolute atomic E-state index is 11.3. The predicted molar refractivity (Wildman–Crippen MR) is 75.2 cm³/mol. The summed E-state index contributed by atoms with van der Waals surface area (Å²) in [7, 11) is 1.50. The van der Waals surface area contributed by atoms with E-state index in [1.165, 1.54) is 6.20 Å². The van der Waals surface area contributed by atoms with Gasteiger partial charge in [0.05, 0.1) is 0 Å². The molecule has 7 heteroatoms. The van der Waals surface area contributed by atoms with E-state index in [2.05, 4.69) is 4.98 Å². The van der Waals surface area contributed by atoms with Gasteiger partial charge in [-0.3, -0.25) is 0 Å². The zero-order valence-electron chi connectivity index (χ0n) is 10.2. The van der Waals surface area contributed by atoms with Crippen molar-refractivity contribution in [2.75, 3.05) is 0 Å². The highest BCUT2D eigenvalue weighted by atomic mass is 35.7. The van der Waals surface area contributed by atoms with Gasteiger partial charge in [-0.2, -0.15) is 0 Å². The van der Waals surface area contributed by atoms with Gasteiger partial charge in [-0.15, -0.1) is 0 Å². The van der Waals surface area contributed by atoms with Crippen LogP contribution in [-0.2, 0) is 22.0 Å². The van der Waals surface area contributed by atoms with Crippen molar-refractivity contribution in [1.29, 1.82) is 0 Å². The minimum atomic E-state index is -3.80. The number of imidazole rings is 1. The average molecular weight is 319 g/mol.